The number of nitrogens with zero attached hydrogens (tertiary/aromatic N) is 2. The second-order valence-electron chi connectivity index (χ2n) is 6.72. The van der Waals surface area contributed by atoms with Crippen LogP contribution in [0.3, 0.4) is 0 Å². The van der Waals surface area contributed by atoms with Crippen LogP contribution in [0.25, 0.3) is 0 Å². The van der Waals surface area contributed by atoms with E-state index in [9.17, 15) is 9.18 Å². The molecule has 1 aliphatic heterocycles. The number of rotatable bonds is 6. The zero-order chi connectivity index (χ0) is 19.2. The summed E-state index contributed by atoms with van der Waals surface area (Å²) in [7, 11) is 0. The molecule has 1 saturated heterocycles. The van der Waals surface area contributed by atoms with E-state index in [1.807, 2.05) is 0 Å². The Bertz CT molecular complexity index is 767. The molecule has 1 aliphatic rings. The van der Waals surface area contributed by atoms with Gasteiger partial charge in [0, 0.05) is 37.9 Å². The van der Waals surface area contributed by atoms with Gasteiger partial charge in [-0.1, -0.05) is 0 Å². The molecule has 27 heavy (non-hydrogen) atoms. The summed E-state index contributed by atoms with van der Waals surface area (Å²) in [6, 6.07) is 9.33. The molecule has 2 heterocycles. The fourth-order valence-corrected chi connectivity index (χ4v) is 2.87. The molecule has 1 amide bonds. The standard InChI is InChI=1S/C20H24FN3O3/c1-14(2)24-9-10-26-18(13-24)12-23-20(25)19-11-17(7-8-22-19)27-16-5-3-15(21)4-6-16/h3-8,11,14,18H,9-10,12-13H2,1-2H3,(H,23,25). The van der Waals surface area contributed by atoms with Crippen LogP contribution in [0.5, 0.6) is 11.5 Å². The van der Waals surface area contributed by atoms with E-state index >= 15 is 0 Å². The Morgan fingerprint density at radius 3 is 2.85 bits per heavy atom. The van der Waals surface area contributed by atoms with Gasteiger partial charge in [-0.3, -0.25) is 14.7 Å². The molecule has 1 fully saturated rings. The van der Waals surface area contributed by atoms with Gasteiger partial charge in [0.1, 0.15) is 23.0 Å². The molecule has 0 radical (unpaired) electrons. The van der Waals surface area contributed by atoms with Crippen molar-refractivity contribution < 1.29 is 18.7 Å². The smallest absolute Gasteiger partial charge is 0.270 e. The van der Waals surface area contributed by atoms with Crippen molar-refractivity contribution in [1.29, 1.82) is 0 Å². The van der Waals surface area contributed by atoms with Crippen LogP contribution in [0.15, 0.2) is 42.6 Å². The molecular weight excluding hydrogens is 349 g/mol. The van der Waals surface area contributed by atoms with Crippen LogP contribution in [0.2, 0.25) is 0 Å². The van der Waals surface area contributed by atoms with Crippen molar-refractivity contribution >= 4 is 5.91 Å². The maximum atomic E-state index is 13.0. The van der Waals surface area contributed by atoms with Crippen LogP contribution >= 0.6 is 0 Å². The number of nitrogens with one attached hydrogen (secondary N) is 1. The average Bonchev–Trinajstić information content (AvgIpc) is 2.68. The monoisotopic (exact) mass is 373 g/mol. The van der Waals surface area contributed by atoms with Gasteiger partial charge in [0.2, 0.25) is 0 Å². The number of hydrogen-bond acceptors (Lipinski definition) is 5. The van der Waals surface area contributed by atoms with E-state index in [0.29, 0.717) is 30.7 Å². The van der Waals surface area contributed by atoms with Crippen LogP contribution in [-0.2, 0) is 4.74 Å². The zero-order valence-electron chi connectivity index (χ0n) is 15.5. The third-order valence-electron chi connectivity index (χ3n) is 4.40. The van der Waals surface area contributed by atoms with Crippen molar-refractivity contribution in [3.63, 3.8) is 0 Å². The molecule has 0 spiro atoms. The lowest BCUT2D eigenvalue weighted by Crippen LogP contribution is -2.49. The van der Waals surface area contributed by atoms with Crippen LogP contribution in [0, 0.1) is 5.82 Å². The Kier molecular flexibility index (Phi) is 6.36. The Balaban J connectivity index is 1.56. The molecule has 0 bridgehead atoms. The average molecular weight is 373 g/mol. The molecule has 0 saturated carbocycles. The summed E-state index contributed by atoms with van der Waals surface area (Å²) in [6.07, 6.45) is 1.47. The second-order valence-corrected chi connectivity index (χ2v) is 6.72. The minimum atomic E-state index is -0.335. The largest absolute Gasteiger partial charge is 0.457 e. The van der Waals surface area contributed by atoms with E-state index < -0.39 is 0 Å². The first-order valence-electron chi connectivity index (χ1n) is 9.04. The summed E-state index contributed by atoms with van der Waals surface area (Å²) in [5.41, 5.74) is 0.256. The highest BCUT2D eigenvalue weighted by atomic mass is 19.1. The number of ether oxygens (including phenoxy) is 2. The van der Waals surface area contributed by atoms with E-state index in [1.165, 1.54) is 30.5 Å². The van der Waals surface area contributed by atoms with Gasteiger partial charge in [0.15, 0.2) is 0 Å². The van der Waals surface area contributed by atoms with Gasteiger partial charge in [-0.05, 0) is 44.2 Å². The van der Waals surface area contributed by atoms with Crippen molar-refractivity contribution in [1.82, 2.24) is 15.2 Å². The molecular formula is C20H24FN3O3. The van der Waals surface area contributed by atoms with Gasteiger partial charge in [-0.2, -0.15) is 0 Å². The summed E-state index contributed by atoms with van der Waals surface area (Å²) in [4.78, 5) is 18.8. The highest BCUT2D eigenvalue weighted by Gasteiger charge is 2.23. The predicted octanol–water partition coefficient (Wildman–Crippen LogP) is 2.85. The highest BCUT2D eigenvalue weighted by molar-refractivity contribution is 5.92. The van der Waals surface area contributed by atoms with E-state index in [-0.39, 0.29) is 23.5 Å². The fraction of sp³-hybridized carbons (Fsp3) is 0.400. The minimum absolute atomic E-state index is 0.0382. The van der Waals surface area contributed by atoms with E-state index in [2.05, 4.69) is 29.0 Å². The SMILES string of the molecule is CC(C)N1CCOC(CNC(=O)c2cc(Oc3ccc(F)cc3)ccn2)C1. The molecule has 1 aromatic carbocycles. The minimum Gasteiger partial charge on any atom is -0.457 e. The molecule has 2 aromatic rings. The van der Waals surface area contributed by atoms with Crippen LogP contribution in [-0.4, -0.2) is 54.2 Å². The van der Waals surface area contributed by atoms with E-state index in [4.69, 9.17) is 9.47 Å². The van der Waals surface area contributed by atoms with Gasteiger partial charge in [0.05, 0.1) is 12.7 Å². The number of morpholine rings is 1. The van der Waals surface area contributed by atoms with Gasteiger partial charge in [-0.25, -0.2) is 4.39 Å². The molecule has 7 heteroatoms. The topological polar surface area (TPSA) is 63.7 Å². The number of aromatic nitrogens is 1. The zero-order valence-corrected chi connectivity index (χ0v) is 15.5. The van der Waals surface area contributed by atoms with Crippen LogP contribution in [0.1, 0.15) is 24.3 Å². The van der Waals surface area contributed by atoms with Crippen LogP contribution < -0.4 is 10.1 Å². The van der Waals surface area contributed by atoms with Gasteiger partial charge < -0.3 is 14.8 Å². The summed E-state index contributed by atoms with van der Waals surface area (Å²) >= 11 is 0. The molecule has 1 unspecified atom stereocenters. The summed E-state index contributed by atoms with van der Waals surface area (Å²) in [5, 5.41) is 2.87. The van der Waals surface area contributed by atoms with Gasteiger partial charge >= 0.3 is 0 Å². The number of hydrogen-bond donors (Lipinski definition) is 1. The Labute approximate surface area is 158 Å². The number of amides is 1. The number of carbonyl (C=O) groups excluding carboxylic acids is 1. The third kappa shape index (κ3) is 5.48. The lowest BCUT2D eigenvalue weighted by molar-refractivity contribution is -0.0364. The van der Waals surface area contributed by atoms with Crippen molar-refractivity contribution in [2.24, 2.45) is 0 Å². The maximum Gasteiger partial charge on any atom is 0.270 e. The summed E-state index contributed by atoms with van der Waals surface area (Å²) in [6.45, 7) is 7.09. The molecule has 1 aromatic heterocycles. The van der Waals surface area contributed by atoms with Gasteiger partial charge in [0.25, 0.3) is 5.91 Å². The quantitative estimate of drug-likeness (QED) is 0.844. The highest BCUT2D eigenvalue weighted by Crippen LogP contribution is 2.21. The maximum absolute atomic E-state index is 13.0. The van der Waals surface area contributed by atoms with Crippen molar-refractivity contribution in [3.05, 3.63) is 54.1 Å². The van der Waals surface area contributed by atoms with Crippen molar-refractivity contribution in [3.8, 4) is 11.5 Å². The first kappa shape index (κ1) is 19.3. The normalized spacial score (nSPS) is 17.7. The first-order valence-corrected chi connectivity index (χ1v) is 9.04. The predicted molar refractivity (Wildman–Crippen MR) is 99.5 cm³/mol. The van der Waals surface area contributed by atoms with Crippen molar-refractivity contribution in [2.75, 3.05) is 26.2 Å². The summed E-state index contributed by atoms with van der Waals surface area (Å²) < 4.78 is 24.3. The molecule has 1 N–H and O–H groups in total. The fourth-order valence-electron chi connectivity index (χ4n) is 2.87. The number of carbonyl (C=O) groups is 1. The van der Waals surface area contributed by atoms with E-state index in [1.54, 1.807) is 12.1 Å². The molecule has 0 aliphatic carbocycles. The summed E-state index contributed by atoms with van der Waals surface area (Å²) in [5.74, 6) is 0.322. The molecule has 144 valence electrons. The van der Waals surface area contributed by atoms with Gasteiger partial charge in [-0.15, -0.1) is 0 Å². The number of pyridine rings is 1. The lowest BCUT2D eigenvalue weighted by atomic mass is 10.2. The first-order chi connectivity index (χ1) is 13.0. The van der Waals surface area contributed by atoms with Crippen LogP contribution in [0.4, 0.5) is 4.39 Å². The Morgan fingerprint density at radius 1 is 1.33 bits per heavy atom. The second kappa shape index (κ2) is 8.92. The number of benzene rings is 1. The molecule has 3 rings (SSSR count). The molecule has 6 nitrogen and oxygen atoms in total. The van der Waals surface area contributed by atoms with E-state index in [0.717, 1.165) is 13.1 Å². The molecule has 1 atom stereocenters. The lowest BCUT2D eigenvalue weighted by Gasteiger charge is -2.35. The third-order valence-corrected chi connectivity index (χ3v) is 4.40. The Hall–Kier alpha value is -2.51. The Morgan fingerprint density at radius 2 is 2.11 bits per heavy atom. The van der Waals surface area contributed by atoms with Crippen molar-refractivity contribution in [2.45, 2.75) is 26.0 Å². The number of halogens is 1.